The summed E-state index contributed by atoms with van der Waals surface area (Å²) in [5, 5.41) is 6.37. The topological polar surface area (TPSA) is 45.7 Å². The predicted molar refractivity (Wildman–Crippen MR) is 96.2 cm³/mol. The Balaban J connectivity index is 0.00000361. The third kappa shape index (κ3) is 6.27. The number of hydrogen-bond donors (Lipinski definition) is 2. The van der Waals surface area contributed by atoms with Crippen molar-refractivity contribution in [3.05, 3.63) is 42.0 Å². The van der Waals surface area contributed by atoms with Gasteiger partial charge in [-0.2, -0.15) is 0 Å². The van der Waals surface area contributed by atoms with E-state index in [9.17, 15) is 0 Å². The lowest BCUT2D eigenvalue weighted by molar-refractivity contribution is 0.411. The molecule has 1 aromatic rings. The highest BCUT2D eigenvalue weighted by Crippen LogP contribution is 2.18. The lowest BCUT2D eigenvalue weighted by Crippen LogP contribution is -2.37. The molecule has 1 rings (SSSR count). The van der Waals surface area contributed by atoms with E-state index < -0.39 is 0 Å². The van der Waals surface area contributed by atoms with Crippen molar-refractivity contribution in [2.45, 2.75) is 20.4 Å². The zero-order valence-electron chi connectivity index (χ0n) is 12.4. The smallest absolute Gasteiger partial charge is 0.191 e. The Morgan fingerprint density at radius 1 is 1.40 bits per heavy atom. The first-order valence-electron chi connectivity index (χ1n) is 6.47. The van der Waals surface area contributed by atoms with Crippen LogP contribution in [0.15, 0.2) is 35.8 Å². The normalized spacial score (nSPS) is 10.4. The zero-order chi connectivity index (χ0) is 14.1. The first kappa shape index (κ1) is 18.8. The van der Waals surface area contributed by atoms with Crippen LogP contribution in [0.2, 0.25) is 0 Å². The van der Waals surface area contributed by atoms with Crippen LogP contribution >= 0.6 is 24.0 Å². The number of rotatable bonds is 6. The summed E-state index contributed by atoms with van der Waals surface area (Å²) in [5.41, 5.74) is 2.29. The van der Waals surface area contributed by atoms with E-state index in [1.807, 2.05) is 32.1 Å². The van der Waals surface area contributed by atoms with E-state index in [0.29, 0.717) is 13.1 Å². The van der Waals surface area contributed by atoms with Gasteiger partial charge in [-0.15, -0.1) is 30.6 Å². The van der Waals surface area contributed by atoms with E-state index in [2.05, 4.69) is 28.3 Å². The van der Waals surface area contributed by atoms with Crippen LogP contribution in [0.4, 0.5) is 0 Å². The lowest BCUT2D eigenvalue weighted by Gasteiger charge is -2.10. The summed E-state index contributed by atoms with van der Waals surface area (Å²) in [6.07, 6.45) is 1.81. The molecule has 0 atom stereocenters. The average Bonchev–Trinajstić information content (AvgIpc) is 2.42. The number of benzene rings is 1. The molecule has 0 aliphatic carbocycles. The molecule has 0 radical (unpaired) electrons. The Morgan fingerprint density at radius 3 is 2.70 bits per heavy atom. The predicted octanol–water partition coefficient (Wildman–Crippen LogP) is 2.86. The fraction of sp³-hybridized carbons (Fsp3) is 0.400. The molecule has 112 valence electrons. The molecule has 0 aromatic heterocycles. The van der Waals surface area contributed by atoms with E-state index in [0.717, 1.165) is 29.4 Å². The standard InChI is InChI=1S/C15H23N3O.HI/c1-5-9-17-15(16-6-2)18-11-13-7-8-14(19-4)12(3)10-13;/h5,7-8,10H,1,6,9,11H2,2-4H3,(H2,16,17,18);1H. The van der Waals surface area contributed by atoms with Crippen LogP contribution in [0, 0.1) is 6.92 Å². The van der Waals surface area contributed by atoms with Gasteiger partial charge in [0.2, 0.25) is 0 Å². The highest BCUT2D eigenvalue weighted by atomic mass is 127. The van der Waals surface area contributed by atoms with Crippen LogP contribution in [-0.2, 0) is 6.54 Å². The highest BCUT2D eigenvalue weighted by molar-refractivity contribution is 14.0. The van der Waals surface area contributed by atoms with Crippen molar-refractivity contribution in [3.8, 4) is 5.75 Å². The number of aliphatic imine (C=N–C) groups is 1. The van der Waals surface area contributed by atoms with Gasteiger partial charge in [-0.05, 0) is 31.0 Å². The lowest BCUT2D eigenvalue weighted by atomic mass is 10.1. The van der Waals surface area contributed by atoms with E-state index >= 15 is 0 Å². The van der Waals surface area contributed by atoms with E-state index in [1.54, 1.807) is 7.11 Å². The molecule has 0 bridgehead atoms. The molecule has 0 amide bonds. The third-order valence-corrected chi connectivity index (χ3v) is 2.64. The van der Waals surface area contributed by atoms with Crippen molar-refractivity contribution in [1.29, 1.82) is 0 Å². The van der Waals surface area contributed by atoms with Crippen LogP contribution in [0.25, 0.3) is 0 Å². The van der Waals surface area contributed by atoms with Crippen LogP contribution in [0.3, 0.4) is 0 Å². The van der Waals surface area contributed by atoms with E-state index in [1.165, 1.54) is 0 Å². The second-order valence-electron chi connectivity index (χ2n) is 4.17. The minimum Gasteiger partial charge on any atom is -0.496 e. The summed E-state index contributed by atoms with van der Waals surface area (Å²) in [4.78, 5) is 4.52. The molecule has 5 heteroatoms. The molecule has 0 heterocycles. The summed E-state index contributed by atoms with van der Waals surface area (Å²) >= 11 is 0. The van der Waals surface area contributed by atoms with Gasteiger partial charge in [-0.1, -0.05) is 18.2 Å². The first-order valence-corrected chi connectivity index (χ1v) is 6.47. The average molecular weight is 389 g/mol. The van der Waals surface area contributed by atoms with Crippen LogP contribution in [0.1, 0.15) is 18.1 Å². The Kier molecular flexibility index (Phi) is 9.88. The Labute approximate surface area is 138 Å². The number of methoxy groups -OCH3 is 1. The van der Waals surface area contributed by atoms with Crippen LogP contribution in [-0.4, -0.2) is 26.2 Å². The largest absolute Gasteiger partial charge is 0.496 e. The second kappa shape index (κ2) is 10.5. The van der Waals surface area contributed by atoms with Gasteiger partial charge in [0.25, 0.3) is 0 Å². The SMILES string of the molecule is C=CCNC(=NCc1ccc(OC)c(C)c1)NCC.I. The van der Waals surface area contributed by atoms with Gasteiger partial charge < -0.3 is 15.4 Å². The van der Waals surface area contributed by atoms with Crippen LogP contribution < -0.4 is 15.4 Å². The van der Waals surface area contributed by atoms with Gasteiger partial charge in [0.15, 0.2) is 5.96 Å². The second-order valence-corrected chi connectivity index (χ2v) is 4.17. The third-order valence-electron chi connectivity index (χ3n) is 2.64. The number of nitrogens with one attached hydrogen (secondary N) is 2. The number of guanidine groups is 1. The fourth-order valence-corrected chi connectivity index (χ4v) is 1.72. The maximum absolute atomic E-state index is 5.25. The van der Waals surface area contributed by atoms with Crippen molar-refractivity contribution in [2.24, 2.45) is 4.99 Å². The van der Waals surface area contributed by atoms with Gasteiger partial charge in [-0.3, -0.25) is 0 Å². The first-order chi connectivity index (χ1) is 9.21. The maximum atomic E-state index is 5.25. The number of nitrogens with zero attached hydrogens (tertiary/aromatic N) is 1. The van der Waals surface area contributed by atoms with Crippen molar-refractivity contribution in [2.75, 3.05) is 20.2 Å². The Bertz CT molecular complexity index is 447. The minimum absolute atomic E-state index is 0. The molecule has 1 aromatic carbocycles. The van der Waals surface area contributed by atoms with Gasteiger partial charge in [0.05, 0.1) is 13.7 Å². The van der Waals surface area contributed by atoms with E-state index in [4.69, 9.17) is 4.74 Å². The monoisotopic (exact) mass is 389 g/mol. The van der Waals surface area contributed by atoms with Gasteiger partial charge in [0.1, 0.15) is 5.75 Å². The zero-order valence-corrected chi connectivity index (χ0v) is 14.7. The number of aryl methyl sites for hydroxylation is 1. The molecule has 4 nitrogen and oxygen atoms in total. The van der Waals surface area contributed by atoms with Crippen molar-refractivity contribution >= 4 is 29.9 Å². The molecule has 20 heavy (non-hydrogen) atoms. The van der Waals surface area contributed by atoms with Crippen molar-refractivity contribution in [1.82, 2.24) is 10.6 Å². The van der Waals surface area contributed by atoms with Crippen molar-refractivity contribution < 1.29 is 4.74 Å². The van der Waals surface area contributed by atoms with E-state index in [-0.39, 0.29) is 24.0 Å². The summed E-state index contributed by atoms with van der Waals surface area (Å²) in [6.45, 7) is 9.94. The molecule has 0 unspecified atom stereocenters. The maximum Gasteiger partial charge on any atom is 0.191 e. The van der Waals surface area contributed by atoms with Gasteiger partial charge in [0, 0.05) is 13.1 Å². The van der Waals surface area contributed by atoms with Crippen LogP contribution in [0.5, 0.6) is 5.75 Å². The molecule has 0 saturated carbocycles. The molecular weight excluding hydrogens is 365 g/mol. The summed E-state index contributed by atoms with van der Waals surface area (Å²) in [7, 11) is 1.68. The Hall–Kier alpha value is -1.24. The Morgan fingerprint density at radius 2 is 2.15 bits per heavy atom. The molecule has 0 spiro atoms. The molecule has 0 aliphatic rings. The minimum atomic E-state index is 0. The van der Waals surface area contributed by atoms with Crippen molar-refractivity contribution in [3.63, 3.8) is 0 Å². The molecule has 0 aliphatic heterocycles. The highest BCUT2D eigenvalue weighted by Gasteiger charge is 2.00. The fourth-order valence-electron chi connectivity index (χ4n) is 1.72. The summed E-state index contributed by atoms with van der Waals surface area (Å²) in [5.74, 6) is 1.71. The molecule has 0 fully saturated rings. The quantitative estimate of drug-likeness (QED) is 0.341. The number of hydrogen-bond acceptors (Lipinski definition) is 2. The number of ether oxygens (including phenoxy) is 1. The molecule has 0 saturated heterocycles. The molecule has 2 N–H and O–H groups in total. The molecular formula is C15H24IN3O. The van der Waals surface area contributed by atoms with Gasteiger partial charge >= 0.3 is 0 Å². The summed E-state index contributed by atoms with van der Waals surface area (Å²) < 4.78 is 5.25. The van der Waals surface area contributed by atoms with Gasteiger partial charge in [-0.25, -0.2) is 4.99 Å². The summed E-state index contributed by atoms with van der Waals surface area (Å²) in [6, 6.07) is 6.11. The number of halogens is 1.